The van der Waals surface area contributed by atoms with Crippen LogP contribution in [0.5, 0.6) is 0 Å². The topological polar surface area (TPSA) is 101 Å². The van der Waals surface area contributed by atoms with Gasteiger partial charge in [-0.15, -0.1) is 10.2 Å². The molecule has 1 aliphatic heterocycles. The number of aromatic nitrogens is 3. The Morgan fingerprint density at radius 3 is 2.60 bits per heavy atom. The summed E-state index contributed by atoms with van der Waals surface area (Å²) in [5.74, 6) is 1.97. The normalized spacial score (nSPS) is 20.1. The maximum atomic E-state index is 12.2. The van der Waals surface area contributed by atoms with Crippen LogP contribution < -0.4 is 10.6 Å². The number of piperidine rings is 1. The van der Waals surface area contributed by atoms with Crippen molar-refractivity contribution >= 4 is 12.0 Å². The van der Waals surface area contributed by atoms with Gasteiger partial charge in [0.1, 0.15) is 17.2 Å². The Labute approximate surface area is 178 Å². The van der Waals surface area contributed by atoms with Crippen molar-refractivity contribution in [2.45, 2.75) is 90.4 Å². The largest absolute Gasteiger partial charge is 0.444 e. The summed E-state index contributed by atoms with van der Waals surface area (Å²) >= 11 is 0. The molecule has 0 unspecified atom stereocenters. The van der Waals surface area contributed by atoms with Gasteiger partial charge < -0.3 is 19.9 Å². The van der Waals surface area contributed by atoms with Crippen molar-refractivity contribution < 1.29 is 14.3 Å². The standard InChI is InChI=1S/C21H36N6O3/c1-15-24-25-18(27(15)16-8-9-16)14-26-12-6-5-7-17(26)13-23-19(28)10-11-22-20(29)30-21(2,3)4/h16-17H,5-14H2,1-4H3,(H,22,29)(H,23,28)/t17-/m0/s1. The molecular formula is C21H36N6O3. The van der Waals surface area contributed by atoms with E-state index in [-0.39, 0.29) is 18.9 Å². The van der Waals surface area contributed by atoms with Gasteiger partial charge in [0.2, 0.25) is 5.91 Å². The lowest BCUT2D eigenvalue weighted by Crippen LogP contribution is -2.47. The van der Waals surface area contributed by atoms with E-state index in [0.717, 1.165) is 31.2 Å². The van der Waals surface area contributed by atoms with Gasteiger partial charge in [0.05, 0.1) is 6.54 Å². The van der Waals surface area contributed by atoms with Crippen LogP contribution in [0, 0.1) is 6.92 Å². The fourth-order valence-electron chi connectivity index (χ4n) is 3.92. The molecule has 0 radical (unpaired) electrons. The van der Waals surface area contributed by atoms with Crippen molar-refractivity contribution in [3.63, 3.8) is 0 Å². The molecule has 1 atom stereocenters. The van der Waals surface area contributed by atoms with Crippen LogP contribution in [0.25, 0.3) is 0 Å². The van der Waals surface area contributed by atoms with E-state index in [0.29, 0.717) is 18.6 Å². The Morgan fingerprint density at radius 2 is 1.90 bits per heavy atom. The number of nitrogens with zero attached hydrogens (tertiary/aromatic N) is 4. The SMILES string of the molecule is Cc1nnc(CN2CCCC[C@H]2CNC(=O)CCNC(=O)OC(C)(C)C)n1C1CC1. The summed E-state index contributed by atoms with van der Waals surface area (Å²) in [7, 11) is 0. The predicted molar refractivity (Wildman–Crippen MR) is 113 cm³/mol. The highest BCUT2D eigenvalue weighted by Gasteiger charge is 2.30. The van der Waals surface area contributed by atoms with E-state index < -0.39 is 11.7 Å². The van der Waals surface area contributed by atoms with E-state index in [1.807, 2.05) is 27.7 Å². The molecule has 0 bridgehead atoms. The Balaban J connectivity index is 1.43. The lowest BCUT2D eigenvalue weighted by atomic mass is 10.0. The second kappa shape index (κ2) is 9.76. The van der Waals surface area contributed by atoms with Gasteiger partial charge >= 0.3 is 6.09 Å². The number of ether oxygens (including phenoxy) is 1. The first kappa shape index (κ1) is 22.5. The molecule has 9 nitrogen and oxygen atoms in total. The molecule has 168 valence electrons. The first-order valence-electron chi connectivity index (χ1n) is 11.1. The van der Waals surface area contributed by atoms with Gasteiger partial charge in [-0.3, -0.25) is 9.69 Å². The molecule has 0 aromatic carbocycles. The third-order valence-electron chi connectivity index (χ3n) is 5.50. The second-order valence-electron chi connectivity index (χ2n) is 9.37. The van der Waals surface area contributed by atoms with Crippen molar-refractivity contribution in [1.29, 1.82) is 0 Å². The van der Waals surface area contributed by atoms with Crippen LogP contribution in [0.15, 0.2) is 0 Å². The van der Waals surface area contributed by atoms with E-state index >= 15 is 0 Å². The summed E-state index contributed by atoms with van der Waals surface area (Å²) in [6.45, 7) is 10.1. The highest BCUT2D eigenvalue weighted by atomic mass is 16.6. The second-order valence-corrected chi connectivity index (χ2v) is 9.37. The Kier molecular flexibility index (Phi) is 7.33. The molecule has 1 saturated carbocycles. The number of alkyl carbamates (subject to hydrolysis) is 1. The number of rotatable bonds is 8. The maximum absolute atomic E-state index is 12.2. The first-order chi connectivity index (χ1) is 14.2. The molecule has 2 amide bonds. The highest BCUT2D eigenvalue weighted by molar-refractivity contribution is 5.77. The van der Waals surface area contributed by atoms with Gasteiger partial charge in [-0.2, -0.15) is 0 Å². The molecule has 0 spiro atoms. The number of hydrogen-bond acceptors (Lipinski definition) is 6. The Morgan fingerprint density at radius 1 is 1.13 bits per heavy atom. The van der Waals surface area contributed by atoms with Gasteiger partial charge in [0, 0.05) is 31.6 Å². The van der Waals surface area contributed by atoms with Crippen molar-refractivity contribution in [2.75, 3.05) is 19.6 Å². The molecule has 1 aliphatic carbocycles. The third kappa shape index (κ3) is 6.68. The minimum atomic E-state index is -0.543. The minimum absolute atomic E-state index is 0.0615. The van der Waals surface area contributed by atoms with E-state index in [1.54, 1.807) is 0 Å². The summed E-state index contributed by atoms with van der Waals surface area (Å²) in [5.41, 5.74) is -0.543. The van der Waals surface area contributed by atoms with Crippen LogP contribution in [0.1, 0.15) is 77.0 Å². The molecule has 2 aliphatic rings. The predicted octanol–water partition coefficient (Wildman–Crippen LogP) is 2.31. The third-order valence-corrected chi connectivity index (χ3v) is 5.50. The van der Waals surface area contributed by atoms with Gasteiger partial charge in [0.15, 0.2) is 0 Å². The molecule has 2 heterocycles. The lowest BCUT2D eigenvalue weighted by molar-refractivity contribution is -0.121. The average molecular weight is 421 g/mol. The van der Waals surface area contributed by atoms with Crippen LogP contribution in [0.2, 0.25) is 0 Å². The van der Waals surface area contributed by atoms with Crippen LogP contribution in [0.4, 0.5) is 4.79 Å². The zero-order valence-electron chi connectivity index (χ0n) is 18.7. The van der Waals surface area contributed by atoms with Crippen LogP contribution in [-0.2, 0) is 16.1 Å². The zero-order valence-corrected chi connectivity index (χ0v) is 18.7. The van der Waals surface area contributed by atoms with Gasteiger partial charge in [-0.25, -0.2) is 4.79 Å². The van der Waals surface area contributed by atoms with Crippen molar-refractivity contribution in [3.8, 4) is 0 Å². The van der Waals surface area contributed by atoms with Crippen LogP contribution in [0.3, 0.4) is 0 Å². The molecule has 30 heavy (non-hydrogen) atoms. The molecule has 2 N–H and O–H groups in total. The van der Waals surface area contributed by atoms with Crippen molar-refractivity contribution in [2.24, 2.45) is 0 Å². The van der Waals surface area contributed by atoms with E-state index in [1.165, 1.54) is 25.7 Å². The number of nitrogens with one attached hydrogen (secondary N) is 2. The summed E-state index contributed by atoms with van der Waals surface area (Å²) in [5, 5.41) is 14.4. The summed E-state index contributed by atoms with van der Waals surface area (Å²) in [6.07, 6.45) is 5.56. The fraction of sp³-hybridized carbons (Fsp3) is 0.810. The van der Waals surface area contributed by atoms with Gasteiger partial charge in [0.25, 0.3) is 0 Å². The number of likely N-dealkylation sites (tertiary alicyclic amines) is 1. The van der Waals surface area contributed by atoms with E-state index in [2.05, 4.69) is 30.3 Å². The average Bonchev–Trinajstić information content (AvgIpc) is 3.43. The molecular weight excluding hydrogens is 384 g/mol. The number of hydrogen-bond donors (Lipinski definition) is 2. The Bertz CT molecular complexity index is 738. The lowest BCUT2D eigenvalue weighted by Gasteiger charge is -2.35. The van der Waals surface area contributed by atoms with E-state index in [4.69, 9.17) is 4.74 Å². The minimum Gasteiger partial charge on any atom is -0.444 e. The summed E-state index contributed by atoms with van der Waals surface area (Å²) < 4.78 is 7.46. The first-order valence-corrected chi connectivity index (χ1v) is 11.1. The maximum Gasteiger partial charge on any atom is 0.407 e. The van der Waals surface area contributed by atoms with Gasteiger partial charge in [-0.05, 0) is 59.9 Å². The molecule has 2 fully saturated rings. The summed E-state index contributed by atoms with van der Waals surface area (Å²) in [6, 6.07) is 0.863. The van der Waals surface area contributed by atoms with Crippen LogP contribution in [-0.4, -0.2) is 62.9 Å². The quantitative estimate of drug-likeness (QED) is 0.669. The van der Waals surface area contributed by atoms with Gasteiger partial charge in [-0.1, -0.05) is 6.42 Å². The monoisotopic (exact) mass is 420 g/mol. The number of carbonyl (C=O) groups is 2. The Hall–Kier alpha value is -2.16. The van der Waals surface area contributed by atoms with Crippen LogP contribution >= 0.6 is 0 Å². The number of aryl methyl sites for hydroxylation is 1. The zero-order chi connectivity index (χ0) is 21.7. The smallest absolute Gasteiger partial charge is 0.407 e. The highest BCUT2D eigenvalue weighted by Crippen LogP contribution is 2.36. The summed E-state index contributed by atoms with van der Waals surface area (Å²) in [4.78, 5) is 26.3. The van der Waals surface area contributed by atoms with Crippen molar-refractivity contribution in [3.05, 3.63) is 11.6 Å². The molecule has 1 aromatic rings. The van der Waals surface area contributed by atoms with Crippen molar-refractivity contribution in [1.82, 2.24) is 30.3 Å². The van der Waals surface area contributed by atoms with E-state index in [9.17, 15) is 9.59 Å². The number of amides is 2. The molecule has 3 rings (SSSR count). The molecule has 1 aromatic heterocycles. The fourth-order valence-corrected chi connectivity index (χ4v) is 3.92. The molecule has 1 saturated heterocycles. The number of carbonyl (C=O) groups excluding carboxylic acids is 2. The molecule has 9 heteroatoms.